The van der Waals surface area contributed by atoms with E-state index in [9.17, 15) is 0 Å². The maximum absolute atomic E-state index is 4.33. The number of anilines is 2. The van der Waals surface area contributed by atoms with Crippen molar-refractivity contribution in [1.29, 1.82) is 0 Å². The lowest BCUT2D eigenvalue weighted by Gasteiger charge is -2.33. The normalized spacial score (nSPS) is 19.4. The minimum atomic E-state index is 0.768. The summed E-state index contributed by atoms with van der Waals surface area (Å²) in [7, 11) is 0. The Morgan fingerprint density at radius 3 is 3.00 bits per heavy atom. The molecule has 0 aromatic carbocycles. The lowest BCUT2D eigenvalue weighted by Crippen LogP contribution is -2.38. The quantitative estimate of drug-likeness (QED) is 0.718. The van der Waals surface area contributed by atoms with Crippen LogP contribution in [0.4, 0.5) is 11.5 Å². The highest BCUT2D eigenvalue weighted by atomic mass is 15.2. The molecule has 1 unspecified atom stereocenters. The van der Waals surface area contributed by atoms with Gasteiger partial charge in [-0.05, 0) is 45.2 Å². The molecular formula is C17H30N4. The van der Waals surface area contributed by atoms with Crippen LogP contribution in [-0.4, -0.2) is 42.1 Å². The minimum Gasteiger partial charge on any atom is -0.385 e. The van der Waals surface area contributed by atoms with Gasteiger partial charge in [-0.25, -0.2) is 4.98 Å². The first-order valence-electron chi connectivity index (χ1n) is 8.47. The lowest BCUT2D eigenvalue weighted by atomic mass is 10.0. The Morgan fingerprint density at radius 1 is 1.29 bits per heavy atom. The Labute approximate surface area is 129 Å². The Balaban J connectivity index is 1.68. The van der Waals surface area contributed by atoms with E-state index in [1.165, 1.54) is 38.8 Å². The molecule has 0 spiro atoms. The summed E-state index contributed by atoms with van der Waals surface area (Å²) < 4.78 is 0. The predicted molar refractivity (Wildman–Crippen MR) is 91.0 cm³/mol. The third kappa shape index (κ3) is 5.54. The fourth-order valence-electron chi connectivity index (χ4n) is 2.89. The molecule has 21 heavy (non-hydrogen) atoms. The molecule has 1 aromatic rings. The van der Waals surface area contributed by atoms with E-state index in [2.05, 4.69) is 40.4 Å². The van der Waals surface area contributed by atoms with E-state index in [1.54, 1.807) is 0 Å². The summed E-state index contributed by atoms with van der Waals surface area (Å²) in [6.07, 6.45) is 8.32. The zero-order valence-corrected chi connectivity index (χ0v) is 13.6. The van der Waals surface area contributed by atoms with Gasteiger partial charge < -0.3 is 15.5 Å². The van der Waals surface area contributed by atoms with E-state index < -0.39 is 0 Å². The Morgan fingerprint density at radius 2 is 2.19 bits per heavy atom. The average Bonchev–Trinajstić information content (AvgIpc) is 2.51. The smallest absolute Gasteiger partial charge is 0.127 e. The second kappa shape index (κ2) is 8.88. The summed E-state index contributed by atoms with van der Waals surface area (Å²) in [6.45, 7) is 9.02. The van der Waals surface area contributed by atoms with Gasteiger partial charge in [-0.1, -0.05) is 13.3 Å². The van der Waals surface area contributed by atoms with Crippen LogP contribution in [0.15, 0.2) is 18.3 Å². The van der Waals surface area contributed by atoms with Gasteiger partial charge in [-0.15, -0.1) is 0 Å². The van der Waals surface area contributed by atoms with Crippen LogP contribution in [-0.2, 0) is 0 Å². The summed E-state index contributed by atoms with van der Waals surface area (Å²) in [5.74, 6) is 0.964. The Hall–Kier alpha value is -1.29. The summed E-state index contributed by atoms with van der Waals surface area (Å²) in [6, 6.07) is 4.91. The third-order valence-corrected chi connectivity index (χ3v) is 4.21. The van der Waals surface area contributed by atoms with Gasteiger partial charge in [0.15, 0.2) is 0 Å². The molecule has 1 atom stereocenters. The minimum absolute atomic E-state index is 0.768. The van der Waals surface area contributed by atoms with Gasteiger partial charge in [0.05, 0.1) is 0 Å². The van der Waals surface area contributed by atoms with Crippen LogP contribution in [0.2, 0.25) is 0 Å². The maximum atomic E-state index is 4.33. The molecule has 0 radical (unpaired) electrons. The number of hydrogen-bond donors (Lipinski definition) is 2. The molecule has 0 bridgehead atoms. The first kappa shape index (κ1) is 16.1. The van der Waals surface area contributed by atoms with Crippen molar-refractivity contribution in [3.63, 3.8) is 0 Å². The first-order chi connectivity index (χ1) is 10.3. The molecule has 0 amide bonds. The maximum Gasteiger partial charge on any atom is 0.127 e. The molecule has 1 aliphatic heterocycles. The van der Waals surface area contributed by atoms with Gasteiger partial charge in [0.2, 0.25) is 0 Å². The fraction of sp³-hybridized carbons (Fsp3) is 0.706. The molecule has 2 rings (SSSR count). The second-order valence-electron chi connectivity index (χ2n) is 6.02. The van der Waals surface area contributed by atoms with Crippen LogP contribution in [0.25, 0.3) is 0 Å². The topological polar surface area (TPSA) is 40.2 Å². The fourth-order valence-corrected chi connectivity index (χ4v) is 2.89. The zero-order valence-electron chi connectivity index (χ0n) is 13.6. The highest BCUT2D eigenvalue weighted by Crippen LogP contribution is 2.16. The molecule has 1 fully saturated rings. The van der Waals surface area contributed by atoms with Gasteiger partial charge in [-0.2, -0.15) is 0 Å². The van der Waals surface area contributed by atoms with E-state index in [0.29, 0.717) is 0 Å². The Kier molecular flexibility index (Phi) is 6.80. The molecule has 1 aliphatic rings. The molecule has 0 aliphatic carbocycles. The standard InChI is InChI=1S/C17H30N4/c1-3-9-19-17-14-16(8-11-20-17)18-10-6-13-21-12-5-4-7-15(21)2/h8,11,14-15H,3-7,9-10,12-13H2,1-2H3,(H2,18,19,20). The van der Waals surface area contributed by atoms with Crippen molar-refractivity contribution in [2.24, 2.45) is 0 Å². The van der Waals surface area contributed by atoms with E-state index in [1.807, 2.05) is 12.3 Å². The molecule has 1 saturated heterocycles. The molecule has 0 saturated carbocycles. The van der Waals surface area contributed by atoms with Crippen molar-refractivity contribution >= 4 is 11.5 Å². The summed E-state index contributed by atoms with van der Waals surface area (Å²) >= 11 is 0. The van der Waals surface area contributed by atoms with E-state index >= 15 is 0 Å². The highest BCUT2D eigenvalue weighted by Gasteiger charge is 2.16. The van der Waals surface area contributed by atoms with Crippen molar-refractivity contribution < 1.29 is 0 Å². The third-order valence-electron chi connectivity index (χ3n) is 4.21. The van der Waals surface area contributed by atoms with E-state index in [4.69, 9.17) is 0 Å². The van der Waals surface area contributed by atoms with Crippen molar-refractivity contribution in [2.45, 2.75) is 52.0 Å². The van der Waals surface area contributed by atoms with Gasteiger partial charge in [0, 0.05) is 43.6 Å². The van der Waals surface area contributed by atoms with Crippen LogP contribution in [0.5, 0.6) is 0 Å². The number of hydrogen-bond acceptors (Lipinski definition) is 4. The molecule has 2 N–H and O–H groups in total. The molecule has 2 heterocycles. The van der Waals surface area contributed by atoms with Crippen molar-refractivity contribution in [3.05, 3.63) is 18.3 Å². The van der Waals surface area contributed by atoms with Gasteiger partial charge >= 0.3 is 0 Å². The number of aromatic nitrogens is 1. The zero-order chi connectivity index (χ0) is 14.9. The second-order valence-corrected chi connectivity index (χ2v) is 6.02. The largest absolute Gasteiger partial charge is 0.385 e. The highest BCUT2D eigenvalue weighted by molar-refractivity contribution is 5.51. The molecule has 118 valence electrons. The van der Waals surface area contributed by atoms with Crippen LogP contribution in [0.1, 0.15) is 46.0 Å². The SMILES string of the molecule is CCCNc1cc(NCCCN2CCCCC2C)ccn1. The van der Waals surface area contributed by atoms with Gasteiger partial charge in [0.25, 0.3) is 0 Å². The van der Waals surface area contributed by atoms with E-state index in [0.717, 1.165) is 37.1 Å². The number of nitrogens with zero attached hydrogens (tertiary/aromatic N) is 2. The lowest BCUT2D eigenvalue weighted by molar-refractivity contribution is 0.160. The molecule has 4 nitrogen and oxygen atoms in total. The number of nitrogens with one attached hydrogen (secondary N) is 2. The van der Waals surface area contributed by atoms with Crippen LogP contribution in [0.3, 0.4) is 0 Å². The predicted octanol–water partition coefficient (Wildman–Crippen LogP) is 3.58. The van der Waals surface area contributed by atoms with Crippen molar-refractivity contribution in [2.75, 3.05) is 36.8 Å². The number of piperidine rings is 1. The number of pyridine rings is 1. The molecule has 4 heteroatoms. The number of rotatable bonds is 8. The van der Waals surface area contributed by atoms with Crippen LogP contribution in [0, 0.1) is 0 Å². The summed E-state index contributed by atoms with van der Waals surface area (Å²) in [5, 5.41) is 6.83. The first-order valence-corrected chi connectivity index (χ1v) is 8.47. The summed E-state index contributed by atoms with van der Waals surface area (Å²) in [5.41, 5.74) is 1.16. The van der Waals surface area contributed by atoms with E-state index in [-0.39, 0.29) is 0 Å². The number of likely N-dealkylation sites (tertiary alicyclic amines) is 1. The van der Waals surface area contributed by atoms with Crippen molar-refractivity contribution in [1.82, 2.24) is 9.88 Å². The van der Waals surface area contributed by atoms with Gasteiger partial charge in [0.1, 0.15) is 5.82 Å². The van der Waals surface area contributed by atoms with Crippen LogP contribution < -0.4 is 10.6 Å². The average molecular weight is 290 g/mol. The van der Waals surface area contributed by atoms with Gasteiger partial charge in [-0.3, -0.25) is 0 Å². The monoisotopic (exact) mass is 290 g/mol. The summed E-state index contributed by atoms with van der Waals surface area (Å²) in [4.78, 5) is 6.96. The molecular weight excluding hydrogens is 260 g/mol. The Bertz CT molecular complexity index is 408. The van der Waals surface area contributed by atoms with Crippen molar-refractivity contribution in [3.8, 4) is 0 Å². The molecule has 1 aromatic heterocycles. The van der Waals surface area contributed by atoms with Crippen LogP contribution >= 0.6 is 0 Å².